The Hall–Kier alpha value is -2.55. The largest absolute Gasteiger partial charge is 0.465 e. The van der Waals surface area contributed by atoms with Crippen molar-refractivity contribution in [3.8, 4) is 12.3 Å². The highest BCUT2D eigenvalue weighted by molar-refractivity contribution is 6.99. The first-order valence-electron chi connectivity index (χ1n) is 10.0. The molecule has 1 N–H and O–H groups in total. The van der Waals surface area contributed by atoms with Gasteiger partial charge < -0.3 is 14.4 Å². The number of benzene rings is 2. The first kappa shape index (κ1) is 21.2. The Morgan fingerprint density at radius 1 is 1.14 bits per heavy atom. The van der Waals surface area contributed by atoms with Crippen molar-refractivity contribution in [3.05, 3.63) is 60.7 Å². The molecule has 4 nitrogen and oxygen atoms in total. The second-order valence-electron chi connectivity index (χ2n) is 8.66. The van der Waals surface area contributed by atoms with Crippen LogP contribution in [0.15, 0.2) is 60.7 Å². The molecular formula is C24H29NO3Si. The molecule has 1 fully saturated rings. The zero-order valence-corrected chi connectivity index (χ0v) is 18.3. The highest BCUT2D eigenvalue weighted by Gasteiger charge is 2.51. The van der Waals surface area contributed by atoms with E-state index >= 15 is 0 Å². The Morgan fingerprint density at radius 3 is 2.07 bits per heavy atom. The van der Waals surface area contributed by atoms with Crippen LogP contribution < -0.4 is 10.4 Å². The summed E-state index contributed by atoms with van der Waals surface area (Å²) in [6, 6.07) is 20.5. The van der Waals surface area contributed by atoms with Crippen molar-refractivity contribution < 1.29 is 14.3 Å². The molecule has 1 saturated heterocycles. The number of hydrogen-bond donors (Lipinski definition) is 1. The van der Waals surface area contributed by atoms with E-state index in [-0.39, 0.29) is 17.0 Å². The van der Waals surface area contributed by atoms with E-state index in [9.17, 15) is 9.90 Å². The van der Waals surface area contributed by atoms with Crippen LogP contribution in [0.4, 0.5) is 4.79 Å². The van der Waals surface area contributed by atoms with Gasteiger partial charge in [-0.15, -0.1) is 12.3 Å². The molecule has 1 unspecified atom stereocenters. The summed E-state index contributed by atoms with van der Waals surface area (Å²) in [7, 11) is -2.68. The third-order valence-electron chi connectivity index (χ3n) is 5.80. The van der Waals surface area contributed by atoms with Crippen molar-refractivity contribution >= 4 is 24.8 Å². The van der Waals surface area contributed by atoms with E-state index in [1.54, 1.807) is 0 Å². The number of likely N-dealkylation sites (tertiary alicyclic amines) is 1. The maximum Gasteiger partial charge on any atom is 0.407 e. The lowest BCUT2D eigenvalue weighted by atomic mass is 10.1. The number of carbonyl (C=O) groups is 1. The summed E-state index contributed by atoms with van der Waals surface area (Å²) < 4.78 is 6.89. The van der Waals surface area contributed by atoms with Crippen LogP contribution in [0.5, 0.6) is 0 Å². The summed E-state index contributed by atoms with van der Waals surface area (Å²) >= 11 is 0. The lowest BCUT2D eigenvalue weighted by Crippen LogP contribution is -2.67. The smallest absolute Gasteiger partial charge is 0.407 e. The molecule has 5 heteroatoms. The molecule has 1 heterocycles. The van der Waals surface area contributed by atoms with E-state index < -0.39 is 14.4 Å². The number of hydrogen-bond acceptors (Lipinski definition) is 2. The number of carboxylic acid groups (broad SMARTS) is 1. The molecule has 0 aliphatic carbocycles. The Labute approximate surface area is 174 Å². The van der Waals surface area contributed by atoms with Gasteiger partial charge in [0.15, 0.2) is 0 Å². The fourth-order valence-electron chi connectivity index (χ4n) is 4.41. The average molecular weight is 408 g/mol. The molecule has 0 saturated carbocycles. The van der Waals surface area contributed by atoms with Gasteiger partial charge in [0.05, 0.1) is 12.6 Å². The maximum atomic E-state index is 11.7. The summed E-state index contributed by atoms with van der Waals surface area (Å²) in [6.45, 7) is 7.37. The third-order valence-corrected chi connectivity index (χ3v) is 10.8. The van der Waals surface area contributed by atoms with Gasteiger partial charge in [0.1, 0.15) is 0 Å². The van der Waals surface area contributed by atoms with Crippen molar-refractivity contribution in [2.45, 2.75) is 38.3 Å². The normalized spacial score (nSPS) is 19.7. The highest BCUT2D eigenvalue weighted by Crippen LogP contribution is 2.37. The van der Waals surface area contributed by atoms with Gasteiger partial charge in [-0.25, -0.2) is 4.79 Å². The fraction of sp³-hybridized carbons (Fsp3) is 0.375. The third kappa shape index (κ3) is 4.10. The van der Waals surface area contributed by atoms with Crippen molar-refractivity contribution in [1.29, 1.82) is 0 Å². The minimum Gasteiger partial charge on any atom is -0.465 e. The van der Waals surface area contributed by atoms with Gasteiger partial charge in [-0.05, 0) is 21.8 Å². The molecule has 2 aromatic carbocycles. The first-order chi connectivity index (χ1) is 13.8. The standard InChI is InChI=1S/C24H29NO3Si/c1-5-19-16-20(25(17-19)23(26)27)18-28-29(24(2,3)4,21-12-8-6-9-13-21)22-14-10-7-11-15-22/h1,6-15,19-20H,16-18H2,2-4H3,(H,26,27)/t19?,20-/m1/s1. The number of nitrogens with zero attached hydrogens (tertiary/aromatic N) is 1. The summed E-state index contributed by atoms with van der Waals surface area (Å²) in [5.41, 5.74) is 0. The van der Waals surface area contributed by atoms with Gasteiger partial charge in [-0.2, -0.15) is 0 Å². The molecule has 1 aliphatic heterocycles. The molecule has 1 aliphatic rings. The average Bonchev–Trinajstić information content (AvgIpc) is 3.13. The van der Waals surface area contributed by atoms with Gasteiger partial charge in [-0.1, -0.05) is 81.4 Å². The van der Waals surface area contributed by atoms with Crippen LogP contribution in [0.1, 0.15) is 27.2 Å². The minimum atomic E-state index is -2.68. The quantitative estimate of drug-likeness (QED) is 0.609. The summed E-state index contributed by atoms with van der Waals surface area (Å²) in [5.74, 6) is 2.66. The first-order valence-corrected chi connectivity index (χ1v) is 11.9. The lowest BCUT2D eigenvalue weighted by molar-refractivity contribution is 0.121. The van der Waals surface area contributed by atoms with Crippen molar-refractivity contribution in [3.63, 3.8) is 0 Å². The van der Waals surface area contributed by atoms with Crippen LogP contribution in [0.3, 0.4) is 0 Å². The van der Waals surface area contributed by atoms with Crippen LogP contribution in [0.2, 0.25) is 5.04 Å². The Bertz CT molecular complexity index is 831. The summed E-state index contributed by atoms with van der Waals surface area (Å²) in [4.78, 5) is 13.2. The van der Waals surface area contributed by atoms with Crippen LogP contribution in [0.25, 0.3) is 0 Å². The van der Waals surface area contributed by atoms with Gasteiger partial charge in [0.2, 0.25) is 0 Å². The van der Waals surface area contributed by atoms with Gasteiger partial charge >= 0.3 is 6.09 Å². The molecule has 0 radical (unpaired) electrons. The minimum absolute atomic E-state index is 0.0566. The van der Waals surface area contributed by atoms with Gasteiger partial charge in [-0.3, -0.25) is 0 Å². The van der Waals surface area contributed by atoms with E-state index in [0.29, 0.717) is 19.6 Å². The summed E-state index contributed by atoms with van der Waals surface area (Å²) in [5, 5.41) is 11.9. The van der Waals surface area contributed by atoms with E-state index in [1.165, 1.54) is 15.3 Å². The number of terminal acetylenes is 1. The van der Waals surface area contributed by atoms with Gasteiger partial charge in [0.25, 0.3) is 8.32 Å². The second kappa shape index (κ2) is 8.44. The predicted molar refractivity (Wildman–Crippen MR) is 119 cm³/mol. The van der Waals surface area contributed by atoms with Crippen molar-refractivity contribution in [2.24, 2.45) is 5.92 Å². The van der Waals surface area contributed by atoms with Crippen molar-refractivity contribution in [2.75, 3.05) is 13.2 Å². The zero-order chi connectivity index (χ0) is 21.1. The molecule has 1 amide bonds. The monoisotopic (exact) mass is 407 g/mol. The highest BCUT2D eigenvalue weighted by atomic mass is 28.4. The Morgan fingerprint density at radius 2 is 1.66 bits per heavy atom. The maximum absolute atomic E-state index is 11.7. The SMILES string of the molecule is C#CC1C[C@H](CO[Si](c2ccccc2)(c2ccccc2)C(C)(C)C)N(C(=O)O)C1. The van der Waals surface area contributed by atoms with E-state index in [1.807, 2.05) is 36.4 Å². The number of rotatable bonds is 5. The van der Waals surface area contributed by atoms with Crippen LogP contribution in [0, 0.1) is 18.3 Å². The van der Waals surface area contributed by atoms with E-state index in [0.717, 1.165) is 0 Å². The Balaban J connectivity index is 2.02. The topological polar surface area (TPSA) is 49.8 Å². The van der Waals surface area contributed by atoms with Gasteiger partial charge in [0, 0.05) is 12.5 Å². The molecule has 2 aromatic rings. The summed E-state index contributed by atoms with van der Waals surface area (Å²) in [6.07, 6.45) is 5.30. The number of amides is 1. The molecule has 152 valence electrons. The fourth-order valence-corrected chi connectivity index (χ4v) is 9.01. The molecule has 0 spiro atoms. The van der Waals surface area contributed by atoms with Crippen LogP contribution in [-0.4, -0.2) is 43.6 Å². The van der Waals surface area contributed by atoms with Crippen LogP contribution >= 0.6 is 0 Å². The molecule has 0 bridgehead atoms. The van der Waals surface area contributed by atoms with Crippen molar-refractivity contribution in [1.82, 2.24) is 4.90 Å². The molecule has 3 rings (SSSR count). The van der Waals surface area contributed by atoms with E-state index in [2.05, 4.69) is 51.0 Å². The second-order valence-corrected chi connectivity index (χ2v) is 13.0. The van der Waals surface area contributed by atoms with Crippen LogP contribution in [-0.2, 0) is 4.43 Å². The molecule has 29 heavy (non-hydrogen) atoms. The predicted octanol–water partition coefficient (Wildman–Crippen LogP) is 3.56. The molecular weight excluding hydrogens is 378 g/mol. The molecule has 2 atom stereocenters. The lowest BCUT2D eigenvalue weighted by Gasteiger charge is -2.44. The Kier molecular flexibility index (Phi) is 6.16. The van der Waals surface area contributed by atoms with E-state index in [4.69, 9.17) is 10.8 Å². The zero-order valence-electron chi connectivity index (χ0n) is 17.3. The molecule has 0 aromatic heterocycles.